The van der Waals surface area contributed by atoms with E-state index in [2.05, 4.69) is 32.5 Å². The van der Waals surface area contributed by atoms with Crippen LogP contribution in [0.2, 0.25) is 0 Å². The van der Waals surface area contributed by atoms with Crippen molar-refractivity contribution in [3.8, 4) is 11.5 Å². The fourth-order valence-electron chi connectivity index (χ4n) is 3.72. The molecule has 0 amide bonds. The molecule has 1 aromatic heterocycles. The molecular formula is C21H33IN6O2. The zero-order valence-corrected chi connectivity index (χ0v) is 21.0. The van der Waals surface area contributed by atoms with Gasteiger partial charge in [0.1, 0.15) is 11.5 Å². The second kappa shape index (κ2) is 10.7. The molecule has 166 valence electrons. The van der Waals surface area contributed by atoms with Crippen LogP contribution >= 0.6 is 24.0 Å². The van der Waals surface area contributed by atoms with E-state index in [4.69, 9.17) is 9.47 Å². The molecule has 2 N–H and O–H groups in total. The van der Waals surface area contributed by atoms with Gasteiger partial charge >= 0.3 is 0 Å². The van der Waals surface area contributed by atoms with E-state index in [9.17, 15) is 0 Å². The summed E-state index contributed by atoms with van der Waals surface area (Å²) in [6.07, 6.45) is 1.03. The molecule has 0 aliphatic carbocycles. The number of hydrogen-bond donors (Lipinski definition) is 2. The first-order chi connectivity index (χ1) is 13.9. The molecule has 1 fully saturated rings. The van der Waals surface area contributed by atoms with Gasteiger partial charge in [-0.05, 0) is 20.3 Å². The Labute approximate surface area is 196 Å². The van der Waals surface area contributed by atoms with E-state index in [1.165, 1.54) is 11.3 Å². The van der Waals surface area contributed by atoms with Crippen LogP contribution in [0.5, 0.6) is 11.5 Å². The van der Waals surface area contributed by atoms with E-state index in [1.807, 2.05) is 36.9 Å². The zero-order chi connectivity index (χ0) is 21.0. The lowest BCUT2D eigenvalue weighted by molar-refractivity contribution is 0.394. The Balaban J connectivity index is 0.00000320. The number of rotatable bonds is 6. The Kier molecular flexibility index (Phi) is 8.63. The van der Waals surface area contributed by atoms with E-state index >= 15 is 0 Å². The molecule has 1 aromatic carbocycles. The molecule has 2 heterocycles. The van der Waals surface area contributed by atoms with Crippen LogP contribution in [0, 0.1) is 13.8 Å². The van der Waals surface area contributed by atoms with Crippen molar-refractivity contribution in [2.45, 2.75) is 32.9 Å². The molecular weight excluding hydrogens is 495 g/mol. The Morgan fingerprint density at radius 2 is 1.87 bits per heavy atom. The number of methoxy groups -OCH3 is 2. The van der Waals surface area contributed by atoms with Gasteiger partial charge in [0, 0.05) is 74.9 Å². The number of guanidine groups is 1. The van der Waals surface area contributed by atoms with Crippen molar-refractivity contribution in [1.82, 2.24) is 20.4 Å². The van der Waals surface area contributed by atoms with Crippen molar-refractivity contribution in [1.29, 1.82) is 0 Å². The van der Waals surface area contributed by atoms with Gasteiger partial charge in [0.15, 0.2) is 5.96 Å². The number of benzene rings is 1. The number of halogens is 1. The summed E-state index contributed by atoms with van der Waals surface area (Å²) in [4.78, 5) is 6.73. The minimum Gasteiger partial charge on any atom is -0.497 e. The number of aromatic nitrogens is 2. The SMILES string of the molecule is CN=C(NCc1c(C)nn(C)c1C)NC1CCN(c2cc(OC)cc(OC)c2)C1.I. The fourth-order valence-corrected chi connectivity index (χ4v) is 3.72. The number of aryl methyl sites for hydroxylation is 2. The first kappa shape index (κ1) is 24.1. The van der Waals surface area contributed by atoms with Gasteiger partial charge in [-0.25, -0.2) is 0 Å². The Morgan fingerprint density at radius 1 is 1.20 bits per heavy atom. The third kappa shape index (κ3) is 5.50. The number of nitrogens with one attached hydrogen (secondary N) is 2. The van der Waals surface area contributed by atoms with Crippen molar-refractivity contribution in [3.05, 3.63) is 35.2 Å². The minimum absolute atomic E-state index is 0. The number of ether oxygens (including phenoxy) is 2. The largest absolute Gasteiger partial charge is 0.497 e. The normalized spacial score (nSPS) is 16.3. The molecule has 1 aliphatic rings. The summed E-state index contributed by atoms with van der Waals surface area (Å²) in [5.41, 5.74) is 4.54. The first-order valence-electron chi connectivity index (χ1n) is 9.89. The van der Waals surface area contributed by atoms with Crippen molar-refractivity contribution in [2.24, 2.45) is 12.0 Å². The van der Waals surface area contributed by atoms with E-state index in [1.54, 1.807) is 21.3 Å². The molecule has 1 aliphatic heterocycles. The predicted molar refractivity (Wildman–Crippen MR) is 132 cm³/mol. The van der Waals surface area contributed by atoms with E-state index in [0.29, 0.717) is 12.6 Å². The van der Waals surface area contributed by atoms with Gasteiger partial charge in [-0.2, -0.15) is 5.10 Å². The molecule has 0 saturated carbocycles. The molecule has 8 nitrogen and oxygen atoms in total. The lowest BCUT2D eigenvalue weighted by atomic mass is 10.2. The standard InChI is InChI=1S/C21H32N6O2.HI/c1-14-20(15(2)26(4)25-14)12-23-21(22-3)24-16-7-8-27(13-16)17-9-18(28-5)11-19(10-17)29-6;/h9-11,16H,7-8,12-13H2,1-6H3,(H2,22,23,24);1H. The monoisotopic (exact) mass is 528 g/mol. The fraction of sp³-hybridized carbons (Fsp3) is 0.524. The molecule has 0 spiro atoms. The third-order valence-corrected chi connectivity index (χ3v) is 5.55. The molecule has 1 saturated heterocycles. The summed E-state index contributed by atoms with van der Waals surface area (Å²) < 4.78 is 12.7. The molecule has 1 unspecified atom stereocenters. The molecule has 30 heavy (non-hydrogen) atoms. The van der Waals surface area contributed by atoms with Crippen LogP contribution in [-0.4, -0.2) is 56.1 Å². The smallest absolute Gasteiger partial charge is 0.191 e. The van der Waals surface area contributed by atoms with Gasteiger partial charge in [-0.15, -0.1) is 24.0 Å². The highest BCUT2D eigenvalue weighted by molar-refractivity contribution is 14.0. The Hall–Kier alpha value is -2.17. The number of anilines is 1. The van der Waals surface area contributed by atoms with E-state index in [0.717, 1.165) is 48.4 Å². The highest BCUT2D eigenvalue weighted by Crippen LogP contribution is 2.30. The maximum Gasteiger partial charge on any atom is 0.191 e. The van der Waals surface area contributed by atoms with Crippen molar-refractivity contribution >= 4 is 35.6 Å². The average Bonchev–Trinajstić information content (AvgIpc) is 3.29. The first-order valence-corrected chi connectivity index (χ1v) is 9.89. The summed E-state index contributed by atoms with van der Waals surface area (Å²) in [6, 6.07) is 6.30. The second-order valence-electron chi connectivity index (χ2n) is 7.35. The van der Waals surface area contributed by atoms with Crippen molar-refractivity contribution in [2.75, 3.05) is 39.3 Å². The lowest BCUT2D eigenvalue weighted by Gasteiger charge is -2.21. The minimum atomic E-state index is 0. The highest BCUT2D eigenvalue weighted by atomic mass is 127. The van der Waals surface area contributed by atoms with E-state index in [-0.39, 0.29) is 24.0 Å². The van der Waals surface area contributed by atoms with E-state index < -0.39 is 0 Å². The predicted octanol–water partition coefficient (Wildman–Crippen LogP) is 2.62. The number of hydrogen-bond acceptors (Lipinski definition) is 5. The van der Waals surface area contributed by atoms with Crippen LogP contribution in [0.15, 0.2) is 23.2 Å². The van der Waals surface area contributed by atoms with Crippen molar-refractivity contribution < 1.29 is 9.47 Å². The Bertz CT molecular complexity index is 860. The maximum atomic E-state index is 5.40. The topological polar surface area (TPSA) is 75.9 Å². The van der Waals surface area contributed by atoms with Crippen LogP contribution in [0.1, 0.15) is 23.4 Å². The van der Waals surface area contributed by atoms with Gasteiger partial charge in [-0.3, -0.25) is 9.67 Å². The zero-order valence-electron chi connectivity index (χ0n) is 18.7. The van der Waals surface area contributed by atoms with Crippen LogP contribution in [0.3, 0.4) is 0 Å². The van der Waals surface area contributed by atoms with Crippen LogP contribution in [0.4, 0.5) is 5.69 Å². The second-order valence-corrected chi connectivity index (χ2v) is 7.35. The van der Waals surface area contributed by atoms with Gasteiger partial charge in [0.2, 0.25) is 0 Å². The summed E-state index contributed by atoms with van der Waals surface area (Å²) in [5.74, 6) is 2.41. The summed E-state index contributed by atoms with van der Waals surface area (Å²) >= 11 is 0. The molecule has 9 heteroatoms. The van der Waals surface area contributed by atoms with Crippen LogP contribution in [0.25, 0.3) is 0 Å². The van der Waals surface area contributed by atoms with Gasteiger partial charge in [0.25, 0.3) is 0 Å². The third-order valence-electron chi connectivity index (χ3n) is 5.55. The average molecular weight is 528 g/mol. The quantitative estimate of drug-likeness (QED) is 0.341. The number of nitrogens with zero attached hydrogens (tertiary/aromatic N) is 4. The summed E-state index contributed by atoms with van der Waals surface area (Å²) in [5, 5.41) is 11.5. The van der Waals surface area contributed by atoms with Crippen LogP contribution in [-0.2, 0) is 13.6 Å². The van der Waals surface area contributed by atoms with Gasteiger partial charge in [-0.1, -0.05) is 0 Å². The van der Waals surface area contributed by atoms with Crippen LogP contribution < -0.4 is 25.0 Å². The lowest BCUT2D eigenvalue weighted by Crippen LogP contribution is -2.44. The molecule has 0 radical (unpaired) electrons. The molecule has 1 atom stereocenters. The Morgan fingerprint density at radius 3 is 2.40 bits per heavy atom. The number of aliphatic imine (C=N–C) groups is 1. The van der Waals surface area contributed by atoms with Gasteiger partial charge < -0.3 is 25.0 Å². The molecule has 0 bridgehead atoms. The van der Waals surface area contributed by atoms with Crippen molar-refractivity contribution in [3.63, 3.8) is 0 Å². The highest BCUT2D eigenvalue weighted by Gasteiger charge is 2.24. The maximum absolute atomic E-state index is 5.40. The molecule has 3 rings (SSSR count). The summed E-state index contributed by atoms with van der Waals surface area (Å²) in [6.45, 7) is 6.68. The van der Waals surface area contributed by atoms with Gasteiger partial charge in [0.05, 0.1) is 19.9 Å². The molecule has 2 aromatic rings. The summed E-state index contributed by atoms with van der Waals surface area (Å²) in [7, 11) is 7.13.